The van der Waals surface area contributed by atoms with Crippen LogP contribution in [-0.4, -0.2) is 31.4 Å². The van der Waals surface area contributed by atoms with E-state index in [2.05, 4.69) is 5.32 Å². The van der Waals surface area contributed by atoms with Gasteiger partial charge in [0.05, 0.1) is 7.11 Å². The Balaban J connectivity index is 1.76. The minimum atomic E-state index is -0.580. The summed E-state index contributed by atoms with van der Waals surface area (Å²) in [5.74, 6) is 1.87. The third kappa shape index (κ3) is 6.63. The zero-order chi connectivity index (χ0) is 19.6. The van der Waals surface area contributed by atoms with Gasteiger partial charge in [-0.2, -0.15) is 11.8 Å². The number of thioether (sulfide) groups is 1. The molecule has 2 rings (SSSR count). The van der Waals surface area contributed by atoms with Gasteiger partial charge < -0.3 is 14.8 Å². The van der Waals surface area contributed by atoms with Crippen molar-refractivity contribution >= 4 is 29.3 Å². The minimum Gasteiger partial charge on any atom is -0.497 e. The number of amides is 1. The second-order valence-corrected chi connectivity index (χ2v) is 7.25. The minimum absolute atomic E-state index is 0.176. The van der Waals surface area contributed by atoms with Crippen molar-refractivity contribution in [2.45, 2.75) is 25.2 Å². The number of carbonyl (C=O) groups excluding carboxylic acids is 1. The van der Waals surface area contributed by atoms with Crippen LogP contribution in [0.5, 0.6) is 11.5 Å². The average molecular weight is 412 g/mol. The van der Waals surface area contributed by atoms with Crippen LogP contribution in [0.4, 0.5) is 4.39 Å². The summed E-state index contributed by atoms with van der Waals surface area (Å²) in [6, 6.07) is 11.8. The van der Waals surface area contributed by atoms with Crippen LogP contribution in [-0.2, 0) is 10.5 Å². The highest BCUT2D eigenvalue weighted by Crippen LogP contribution is 2.24. The van der Waals surface area contributed by atoms with Crippen LogP contribution in [0, 0.1) is 5.82 Å². The largest absolute Gasteiger partial charge is 0.497 e. The Morgan fingerprint density at radius 1 is 1.26 bits per heavy atom. The Bertz CT molecular complexity index is 740. The highest BCUT2D eigenvalue weighted by atomic mass is 35.5. The standard InChI is InChI=1S/C20H23ClFNO3S/c1-3-19(26-15-7-4-6-14(12-15)25-2)20(24)23-10-11-27-13-16-17(21)8-5-9-18(16)22/h4-9,12,19H,3,10-11,13H2,1-2H3,(H,23,24). The van der Waals surface area contributed by atoms with Gasteiger partial charge in [-0.15, -0.1) is 0 Å². The zero-order valence-electron chi connectivity index (χ0n) is 15.3. The Kier molecular flexibility index (Phi) is 8.75. The summed E-state index contributed by atoms with van der Waals surface area (Å²) in [4.78, 5) is 12.3. The highest BCUT2D eigenvalue weighted by Gasteiger charge is 2.18. The Hall–Kier alpha value is -1.92. The molecular weight excluding hydrogens is 389 g/mol. The normalized spacial score (nSPS) is 11.7. The number of halogens is 2. The molecule has 0 spiro atoms. The summed E-state index contributed by atoms with van der Waals surface area (Å²) < 4.78 is 24.6. The zero-order valence-corrected chi connectivity index (χ0v) is 16.9. The summed E-state index contributed by atoms with van der Waals surface area (Å²) in [7, 11) is 1.58. The molecule has 0 saturated heterocycles. The molecule has 0 radical (unpaired) electrons. The molecule has 1 N–H and O–H groups in total. The van der Waals surface area contributed by atoms with Gasteiger partial charge >= 0.3 is 0 Å². The molecule has 146 valence electrons. The van der Waals surface area contributed by atoms with Crippen LogP contribution in [0.25, 0.3) is 0 Å². The third-order valence-electron chi connectivity index (χ3n) is 3.84. The maximum absolute atomic E-state index is 13.7. The molecule has 1 unspecified atom stereocenters. The van der Waals surface area contributed by atoms with Crippen molar-refractivity contribution in [3.05, 3.63) is 58.9 Å². The van der Waals surface area contributed by atoms with Crippen molar-refractivity contribution in [3.63, 3.8) is 0 Å². The van der Waals surface area contributed by atoms with Crippen LogP contribution < -0.4 is 14.8 Å². The Morgan fingerprint density at radius 3 is 2.70 bits per heavy atom. The van der Waals surface area contributed by atoms with Gasteiger partial charge in [0.25, 0.3) is 5.91 Å². The topological polar surface area (TPSA) is 47.6 Å². The number of benzene rings is 2. The van der Waals surface area contributed by atoms with Crippen LogP contribution in [0.2, 0.25) is 5.02 Å². The number of hydrogen-bond acceptors (Lipinski definition) is 4. The van der Waals surface area contributed by atoms with E-state index in [4.69, 9.17) is 21.1 Å². The van der Waals surface area contributed by atoms with Gasteiger partial charge in [-0.3, -0.25) is 4.79 Å². The predicted molar refractivity (Wildman–Crippen MR) is 108 cm³/mol. The fraction of sp³-hybridized carbons (Fsp3) is 0.350. The molecule has 0 fully saturated rings. The average Bonchev–Trinajstić information content (AvgIpc) is 2.67. The van der Waals surface area contributed by atoms with Gasteiger partial charge in [-0.1, -0.05) is 30.7 Å². The van der Waals surface area contributed by atoms with Crippen molar-refractivity contribution < 1.29 is 18.7 Å². The summed E-state index contributed by atoms with van der Waals surface area (Å²) in [5, 5.41) is 3.28. The molecule has 4 nitrogen and oxygen atoms in total. The summed E-state index contributed by atoms with van der Waals surface area (Å²) in [6.45, 7) is 2.35. The number of nitrogens with one attached hydrogen (secondary N) is 1. The second kappa shape index (κ2) is 11.0. The number of methoxy groups -OCH3 is 1. The smallest absolute Gasteiger partial charge is 0.261 e. The van der Waals surface area contributed by atoms with E-state index in [-0.39, 0.29) is 11.7 Å². The maximum atomic E-state index is 13.7. The molecule has 1 amide bonds. The fourth-order valence-corrected chi connectivity index (χ4v) is 3.56. The van der Waals surface area contributed by atoms with Gasteiger partial charge in [-0.05, 0) is 30.7 Å². The summed E-state index contributed by atoms with van der Waals surface area (Å²) in [5.41, 5.74) is 0.489. The third-order valence-corrected chi connectivity index (χ3v) is 5.18. The van der Waals surface area contributed by atoms with Crippen LogP contribution in [0.1, 0.15) is 18.9 Å². The van der Waals surface area contributed by atoms with E-state index < -0.39 is 6.10 Å². The molecule has 2 aromatic rings. The first kappa shape index (κ1) is 21.4. The molecule has 0 aromatic heterocycles. The van der Waals surface area contributed by atoms with Gasteiger partial charge in [0.2, 0.25) is 0 Å². The van der Waals surface area contributed by atoms with Crippen molar-refractivity contribution in [2.75, 3.05) is 19.4 Å². The van der Waals surface area contributed by atoms with Gasteiger partial charge in [0.15, 0.2) is 6.10 Å². The lowest BCUT2D eigenvalue weighted by molar-refractivity contribution is -0.127. The molecule has 0 aliphatic rings. The van der Waals surface area contributed by atoms with Crippen molar-refractivity contribution in [1.82, 2.24) is 5.32 Å². The number of hydrogen-bond donors (Lipinski definition) is 1. The molecular formula is C20H23ClFNO3S. The Morgan fingerprint density at radius 2 is 2.00 bits per heavy atom. The number of ether oxygens (including phenoxy) is 2. The lowest BCUT2D eigenvalue weighted by Crippen LogP contribution is -2.39. The molecule has 0 saturated carbocycles. The van der Waals surface area contributed by atoms with E-state index >= 15 is 0 Å². The van der Waals surface area contributed by atoms with E-state index in [0.717, 1.165) is 0 Å². The predicted octanol–water partition coefficient (Wildman–Crippen LogP) is 4.69. The van der Waals surface area contributed by atoms with Crippen molar-refractivity contribution in [3.8, 4) is 11.5 Å². The fourth-order valence-electron chi connectivity index (χ4n) is 2.37. The first-order chi connectivity index (χ1) is 13.0. The van der Waals surface area contributed by atoms with E-state index in [9.17, 15) is 9.18 Å². The van der Waals surface area contributed by atoms with E-state index in [1.165, 1.54) is 17.8 Å². The van der Waals surface area contributed by atoms with Gasteiger partial charge in [0, 0.05) is 34.7 Å². The molecule has 0 bridgehead atoms. The number of carbonyl (C=O) groups is 1. The van der Waals surface area contributed by atoms with E-state index in [0.29, 0.717) is 46.6 Å². The summed E-state index contributed by atoms with van der Waals surface area (Å²) >= 11 is 7.51. The van der Waals surface area contributed by atoms with Gasteiger partial charge in [0.1, 0.15) is 17.3 Å². The Labute approximate surface area is 168 Å². The van der Waals surface area contributed by atoms with Crippen LogP contribution in [0.15, 0.2) is 42.5 Å². The maximum Gasteiger partial charge on any atom is 0.261 e. The van der Waals surface area contributed by atoms with Gasteiger partial charge in [-0.25, -0.2) is 4.39 Å². The van der Waals surface area contributed by atoms with Crippen LogP contribution in [0.3, 0.4) is 0 Å². The van der Waals surface area contributed by atoms with Crippen molar-refractivity contribution in [1.29, 1.82) is 0 Å². The van der Waals surface area contributed by atoms with E-state index in [1.807, 2.05) is 19.1 Å². The molecule has 7 heteroatoms. The second-order valence-electron chi connectivity index (χ2n) is 5.74. The number of rotatable bonds is 10. The van der Waals surface area contributed by atoms with Crippen LogP contribution >= 0.6 is 23.4 Å². The van der Waals surface area contributed by atoms with Crippen molar-refractivity contribution in [2.24, 2.45) is 0 Å². The molecule has 0 aliphatic heterocycles. The summed E-state index contributed by atoms with van der Waals surface area (Å²) in [6.07, 6.45) is -0.0378. The quantitative estimate of drug-likeness (QED) is 0.576. The first-order valence-corrected chi connectivity index (χ1v) is 10.2. The molecule has 2 aromatic carbocycles. The first-order valence-electron chi connectivity index (χ1n) is 8.64. The highest BCUT2D eigenvalue weighted by molar-refractivity contribution is 7.98. The molecule has 0 heterocycles. The molecule has 27 heavy (non-hydrogen) atoms. The molecule has 1 atom stereocenters. The SMILES string of the molecule is CCC(Oc1cccc(OC)c1)C(=O)NCCSCc1c(F)cccc1Cl. The van der Waals surface area contributed by atoms with E-state index in [1.54, 1.807) is 31.4 Å². The molecule has 0 aliphatic carbocycles. The monoisotopic (exact) mass is 411 g/mol. The lowest BCUT2D eigenvalue weighted by Gasteiger charge is -2.17. The lowest BCUT2D eigenvalue weighted by atomic mass is 10.2.